The van der Waals surface area contributed by atoms with Gasteiger partial charge in [0, 0.05) is 51.9 Å². The van der Waals surface area contributed by atoms with Crippen LogP contribution in [0.4, 0.5) is 18.9 Å². The predicted octanol–water partition coefficient (Wildman–Crippen LogP) is 5.62. The second-order valence-electron chi connectivity index (χ2n) is 9.41. The van der Waals surface area contributed by atoms with Crippen LogP contribution in [-0.2, 0) is 23.9 Å². The minimum atomic E-state index is -4.27. The second-order valence-corrected chi connectivity index (χ2v) is 9.41. The highest BCUT2D eigenvalue weighted by atomic mass is 19.4. The van der Waals surface area contributed by atoms with Crippen LogP contribution in [0, 0.1) is 0 Å². The van der Waals surface area contributed by atoms with E-state index in [1.165, 1.54) is 42.5 Å². The summed E-state index contributed by atoms with van der Waals surface area (Å²) in [4.78, 5) is 17.6. The lowest BCUT2D eigenvalue weighted by atomic mass is 9.99. The molecule has 0 N–H and O–H groups in total. The van der Waals surface area contributed by atoms with Gasteiger partial charge in [-0.2, -0.15) is 13.2 Å². The Morgan fingerprint density at radius 3 is 2.36 bits per heavy atom. The third-order valence-electron chi connectivity index (χ3n) is 6.86. The molecule has 0 atom stereocenters. The number of ether oxygens (including phenoxy) is 1. The molecule has 2 aliphatic rings. The van der Waals surface area contributed by atoms with E-state index in [2.05, 4.69) is 17.9 Å². The van der Waals surface area contributed by atoms with E-state index >= 15 is 0 Å². The van der Waals surface area contributed by atoms with Gasteiger partial charge < -0.3 is 14.5 Å². The Bertz CT molecular complexity index is 988. The van der Waals surface area contributed by atoms with Gasteiger partial charge in [-0.15, -0.1) is 0 Å². The van der Waals surface area contributed by atoms with Crippen LogP contribution in [0.25, 0.3) is 0 Å². The molecule has 0 aliphatic carbocycles. The van der Waals surface area contributed by atoms with Crippen LogP contribution in [0.3, 0.4) is 0 Å². The molecule has 0 bridgehead atoms. The second kappa shape index (κ2) is 13.0. The van der Waals surface area contributed by atoms with Gasteiger partial charge in [0.05, 0.1) is 12.7 Å². The molecule has 8 heteroatoms. The largest absolute Gasteiger partial charge is 0.497 e. The van der Waals surface area contributed by atoms with Crippen molar-refractivity contribution in [1.82, 2.24) is 9.80 Å². The summed E-state index contributed by atoms with van der Waals surface area (Å²) < 4.78 is 43.4. The number of unbranched alkanes of at least 4 members (excludes halogenated alkanes) is 2. The van der Waals surface area contributed by atoms with E-state index in [-0.39, 0.29) is 5.91 Å². The highest BCUT2D eigenvalue weighted by molar-refractivity contribution is 5.73. The Hall–Kier alpha value is -2.74. The molecule has 2 aliphatic heterocycles. The molecular weight excluding hydrogens is 467 g/mol. The van der Waals surface area contributed by atoms with Crippen LogP contribution in [0.1, 0.15) is 49.8 Å². The topological polar surface area (TPSA) is 36.0 Å². The maximum absolute atomic E-state index is 12.7. The highest BCUT2D eigenvalue weighted by Gasteiger charge is 2.31. The zero-order chi connectivity index (χ0) is 26.1. The zero-order valence-electron chi connectivity index (χ0n) is 21.6. The average molecular weight is 506 g/mol. The van der Waals surface area contributed by atoms with Crippen molar-refractivity contribution in [2.45, 2.75) is 52.3 Å². The van der Waals surface area contributed by atoms with Crippen molar-refractivity contribution in [2.75, 3.05) is 51.3 Å². The minimum Gasteiger partial charge on any atom is -0.497 e. The van der Waals surface area contributed by atoms with Gasteiger partial charge in [-0.05, 0) is 60.8 Å². The normalized spacial score (nSPS) is 16.2. The molecule has 5 nitrogen and oxygen atoms in total. The summed E-state index contributed by atoms with van der Waals surface area (Å²) >= 11 is 0. The van der Waals surface area contributed by atoms with E-state index in [1.54, 1.807) is 20.1 Å². The molecule has 4 rings (SSSR count). The van der Waals surface area contributed by atoms with E-state index in [9.17, 15) is 18.0 Å². The van der Waals surface area contributed by atoms with Gasteiger partial charge in [0.25, 0.3) is 0 Å². The van der Waals surface area contributed by atoms with Gasteiger partial charge in [-0.1, -0.05) is 31.9 Å². The number of amides is 1. The van der Waals surface area contributed by atoms with Gasteiger partial charge in [0.15, 0.2) is 0 Å². The van der Waals surface area contributed by atoms with Crippen LogP contribution in [0.2, 0.25) is 0 Å². The molecule has 1 amide bonds. The summed E-state index contributed by atoms with van der Waals surface area (Å²) in [5, 5.41) is 0. The van der Waals surface area contributed by atoms with E-state index in [4.69, 9.17) is 4.74 Å². The number of halogens is 3. The number of hydrogen-bond acceptors (Lipinski definition) is 4. The lowest BCUT2D eigenvalue weighted by Gasteiger charge is -2.36. The highest BCUT2D eigenvalue weighted by Crippen LogP contribution is 2.32. The number of nitrogens with zero attached hydrogens (tertiary/aromatic N) is 3. The van der Waals surface area contributed by atoms with Gasteiger partial charge in [-0.25, -0.2) is 0 Å². The third-order valence-corrected chi connectivity index (χ3v) is 6.86. The average Bonchev–Trinajstić information content (AvgIpc) is 2.88. The Morgan fingerprint density at radius 1 is 0.972 bits per heavy atom. The first-order valence-electron chi connectivity index (χ1n) is 12.8. The Labute approximate surface area is 212 Å². The number of fused-ring (bicyclic) bond motifs is 1. The van der Waals surface area contributed by atoms with E-state index in [0.717, 1.165) is 64.0 Å². The van der Waals surface area contributed by atoms with Crippen LogP contribution in [0.5, 0.6) is 5.75 Å². The molecule has 2 aromatic rings. The summed E-state index contributed by atoms with van der Waals surface area (Å²) in [7, 11) is 1.67. The maximum Gasteiger partial charge on any atom is 0.416 e. The van der Waals surface area contributed by atoms with Gasteiger partial charge in [0.1, 0.15) is 5.75 Å². The number of benzene rings is 2. The smallest absolute Gasteiger partial charge is 0.416 e. The number of rotatable bonds is 6. The molecule has 1 saturated heterocycles. The molecule has 0 radical (unpaired) electrons. The van der Waals surface area contributed by atoms with Crippen LogP contribution < -0.4 is 9.64 Å². The Morgan fingerprint density at radius 2 is 1.72 bits per heavy atom. The predicted molar refractivity (Wildman–Crippen MR) is 137 cm³/mol. The summed E-state index contributed by atoms with van der Waals surface area (Å²) in [6.45, 7) is 9.91. The van der Waals surface area contributed by atoms with E-state index in [1.807, 2.05) is 21.9 Å². The molecule has 1 fully saturated rings. The Balaban J connectivity index is 0.000000212. The van der Waals surface area contributed by atoms with Crippen LogP contribution in [0.15, 0.2) is 42.5 Å². The SMILES string of the molecule is CCCCCN1CCN(c2cccc(C(F)(F)F)c2)CC1.COc1ccc2c(c1)CCN(C(C)=O)C2. The number of carbonyl (C=O) groups excluding carboxylic acids is 1. The fourth-order valence-corrected chi connectivity index (χ4v) is 4.62. The quantitative estimate of drug-likeness (QED) is 0.478. The van der Waals surface area contributed by atoms with Crippen molar-refractivity contribution < 1.29 is 22.7 Å². The summed E-state index contributed by atoms with van der Waals surface area (Å²) in [5.41, 5.74) is 2.65. The van der Waals surface area contributed by atoms with Gasteiger partial charge in [0.2, 0.25) is 5.91 Å². The molecule has 198 valence electrons. The molecular formula is C28H38F3N3O2. The summed E-state index contributed by atoms with van der Waals surface area (Å²) in [6, 6.07) is 11.7. The lowest BCUT2D eigenvalue weighted by molar-refractivity contribution is -0.137. The molecule has 0 spiro atoms. The lowest BCUT2D eigenvalue weighted by Crippen LogP contribution is -2.46. The molecule has 0 aromatic heterocycles. The zero-order valence-corrected chi connectivity index (χ0v) is 21.6. The molecule has 2 heterocycles. The molecule has 36 heavy (non-hydrogen) atoms. The first-order chi connectivity index (χ1) is 17.2. The number of hydrogen-bond donors (Lipinski definition) is 0. The van der Waals surface area contributed by atoms with Crippen molar-refractivity contribution in [3.05, 3.63) is 59.2 Å². The fraction of sp³-hybridized carbons (Fsp3) is 0.536. The maximum atomic E-state index is 12.7. The van der Waals surface area contributed by atoms with Gasteiger partial charge in [-0.3, -0.25) is 9.69 Å². The molecule has 0 saturated carbocycles. The minimum absolute atomic E-state index is 0.150. The van der Waals surface area contributed by atoms with Crippen molar-refractivity contribution in [3.63, 3.8) is 0 Å². The summed E-state index contributed by atoms with van der Waals surface area (Å²) in [5.74, 6) is 1.04. The Kier molecular flexibility index (Phi) is 10.0. The number of anilines is 1. The number of methoxy groups -OCH3 is 1. The fourth-order valence-electron chi connectivity index (χ4n) is 4.62. The van der Waals surface area contributed by atoms with Crippen molar-refractivity contribution in [1.29, 1.82) is 0 Å². The van der Waals surface area contributed by atoms with E-state index < -0.39 is 11.7 Å². The molecule has 0 unspecified atom stereocenters. The first kappa shape index (κ1) is 27.8. The number of carbonyl (C=O) groups is 1. The first-order valence-corrected chi connectivity index (χ1v) is 12.8. The van der Waals surface area contributed by atoms with Crippen molar-refractivity contribution in [2.24, 2.45) is 0 Å². The van der Waals surface area contributed by atoms with E-state index in [0.29, 0.717) is 5.69 Å². The van der Waals surface area contributed by atoms with Crippen LogP contribution >= 0.6 is 0 Å². The standard InChI is InChI=1S/C16H23F3N2.C12H15NO2/c1-2-3-4-8-20-9-11-21(12-10-20)15-7-5-6-14(13-15)16(17,18)19;1-9(14)13-6-5-10-7-12(15-2)4-3-11(10)8-13/h5-7,13H,2-4,8-12H2,1H3;3-4,7H,5-6,8H2,1-2H3. The number of piperazine rings is 1. The van der Waals surface area contributed by atoms with Gasteiger partial charge >= 0.3 is 6.18 Å². The number of alkyl halides is 3. The van der Waals surface area contributed by atoms with Crippen LogP contribution in [-0.4, -0.2) is 62.1 Å². The molecule has 2 aromatic carbocycles. The van der Waals surface area contributed by atoms with Crippen molar-refractivity contribution >= 4 is 11.6 Å². The monoisotopic (exact) mass is 505 g/mol. The van der Waals surface area contributed by atoms with Crippen molar-refractivity contribution in [3.8, 4) is 5.75 Å². The third kappa shape index (κ3) is 7.88. The summed E-state index contributed by atoms with van der Waals surface area (Å²) in [6.07, 6.45) is 0.322.